The minimum Gasteiger partial charge on any atom is -0.368 e. The summed E-state index contributed by atoms with van der Waals surface area (Å²) < 4.78 is 0. The van der Waals surface area contributed by atoms with Crippen molar-refractivity contribution in [3.8, 4) is 0 Å². The van der Waals surface area contributed by atoms with Gasteiger partial charge in [-0.25, -0.2) is 0 Å². The van der Waals surface area contributed by atoms with E-state index < -0.39 is 0 Å². The van der Waals surface area contributed by atoms with Gasteiger partial charge in [0.1, 0.15) is 0 Å². The van der Waals surface area contributed by atoms with Crippen LogP contribution in [0.2, 0.25) is 0 Å². The molecule has 128 valence electrons. The van der Waals surface area contributed by atoms with Gasteiger partial charge in [-0.2, -0.15) is 0 Å². The minimum atomic E-state index is 0. The van der Waals surface area contributed by atoms with E-state index in [1.165, 1.54) is 30.5 Å². The van der Waals surface area contributed by atoms with Crippen molar-refractivity contribution in [3.05, 3.63) is 29.8 Å². The molecule has 0 unspecified atom stereocenters. The van der Waals surface area contributed by atoms with Gasteiger partial charge < -0.3 is 15.1 Å². The topological polar surface area (TPSA) is 30.9 Å². The van der Waals surface area contributed by atoms with Crippen LogP contribution in [0.1, 0.15) is 24.8 Å². The predicted molar refractivity (Wildman–Crippen MR) is 109 cm³/mol. The third kappa shape index (κ3) is 5.26. The highest BCUT2D eigenvalue weighted by Crippen LogP contribution is 2.31. The molecule has 2 fully saturated rings. The lowest BCUT2D eigenvalue weighted by Crippen LogP contribution is -2.52. The second kappa shape index (κ2) is 8.76. The molecule has 1 saturated carbocycles. The molecular formula is C18H29IN4. The van der Waals surface area contributed by atoms with E-state index in [0.29, 0.717) is 0 Å². The molecule has 0 atom stereocenters. The molecule has 1 saturated heterocycles. The quantitative estimate of drug-likeness (QED) is 0.454. The van der Waals surface area contributed by atoms with Gasteiger partial charge in [0.2, 0.25) is 0 Å². The van der Waals surface area contributed by atoms with Gasteiger partial charge in [0.15, 0.2) is 5.96 Å². The number of hydrogen-bond acceptors (Lipinski definition) is 2. The molecule has 0 bridgehead atoms. The maximum atomic E-state index is 4.45. The Balaban J connectivity index is 0.00000192. The van der Waals surface area contributed by atoms with Crippen molar-refractivity contribution >= 4 is 35.6 Å². The number of aliphatic imine (C=N–C) groups is 1. The number of rotatable bonds is 4. The summed E-state index contributed by atoms with van der Waals surface area (Å²) in [5.41, 5.74) is 2.67. The summed E-state index contributed by atoms with van der Waals surface area (Å²) in [7, 11) is 1.90. The first-order valence-corrected chi connectivity index (χ1v) is 8.53. The first-order valence-electron chi connectivity index (χ1n) is 8.53. The number of piperazine rings is 1. The summed E-state index contributed by atoms with van der Waals surface area (Å²) >= 11 is 0. The highest BCUT2D eigenvalue weighted by atomic mass is 127. The predicted octanol–water partition coefficient (Wildman–Crippen LogP) is 3.11. The SMILES string of the molecule is CN=C(NCCC1CC1)N1CCN(c2cccc(C)c2)CC1.I. The van der Waals surface area contributed by atoms with E-state index in [-0.39, 0.29) is 24.0 Å². The van der Waals surface area contributed by atoms with Gasteiger partial charge in [-0.05, 0) is 37.0 Å². The van der Waals surface area contributed by atoms with Gasteiger partial charge in [-0.15, -0.1) is 24.0 Å². The molecule has 1 aliphatic heterocycles. The lowest BCUT2D eigenvalue weighted by molar-refractivity contribution is 0.372. The summed E-state index contributed by atoms with van der Waals surface area (Å²) in [6.45, 7) is 7.43. The molecule has 4 nitrogen and oxygen atoms in total. The molecule has 5 heteroatoms. The number of benzene rings is 1. The Morgan fingerprint density at radius 3 is 2.57 bits per heavy atom. The molecule has 2 aliphatic rings. The number of hydrogen-bond donors (Lipinski definition) is 1. The molecule has 0 aromatic heterocycles. The molecule has 0 amide bonds. The van der Waals surface area contributed by atoms with Crippen LogP contribution in [-0.4, -0.2) is 50.6 Å². The molecule has 1 heterocycles. The third-order valence-electron chi connectivity index (χ3n) is 4.69. The second-order valence-electron chi connectivity index (χ2n) is 6.52. The molecular weight excluding hydrogens is 399 g/mol. The zero-order valence-electron chi connectivity index (χ0n) is 14.3. The van der Waals surface area contributed by atoms with Crippen LogP contribution in [0, 0.1) is 12.8 Å². The summed E-state index contributed by atoms with van der Waals surface area (Å²) in [6, 6.07) is 8.80. The smallest absolute Gasteiger partial charge is 0.193 e. The van der Waals surface area contributed by atoms with Crippen molar-refractivity contribution in [2.45, 2.75) is 26.2 Å². The maximum absolute atomic E-state index is 4.45. The van der Waals surface area contributed by atoms with Crippen LogP contribution in [0.4, 0.5) is 5.69 Å². The monoisotopic (exact) mass is 428 g/mol. The Kier molecular flexibility index (Phi) is 6.99. The highest BCUT2D eigenvalue weighted by Gasteiger charge is 2.22. The Hall–Kier alpha value is -0.980. The first-order chi connectivity index (χ1) is 10.8. The zero-order chi connectivity index (χ0) is 15.4. The fraction of sp³-hybridized carbons (Fsp3) is 0.611. The van der Waals surface area contributed by atoms with Gasteiger partial charge in [-0.3, -0.25) is 4.99 Å². The Morgan fingerprint density at radius 1 is 1.22 bits per heavy atom. The van der Waals surface area contributed by atoms with Crippen LogP contribution in [-0.2, 0) is 0 Å². The Morgan fingerprint density at radius 2 is 1.96 bits per heavy atom. The Bertz CT molecular complexity index is 520. The van der Waals surface area contributed by atoms with Crippen LogP contribution in [0.15, 0.2) is 29.3 Å². The summed E-state index contributed by atoms with van der Waals surface area (Å²) in [4.78, 5) is 9.32. The van der Waals surface area contributed by atoms with Crippen molar-refractivity contribution in [2.24, 2.45) is 10.9 Å². The van der Waals surface area contributed by atoms with E-state index in [2.05, 4.69) is 51.3 Å². The second-order valence-corrected chi connectivity index (χ2v) is 6.52. The number of anilines is 1. The first kappa shape index (κ1) is 18.4. The fourth-order valence-electron chi connectivity index (χ4n) is 3.13. The maximum Gasteiger partial charge on any atom is 0.193 e. The lowest BCUT2D eigenvalue weighted by atomic mass is 10.2. The van der Waals surface area contributed by atoms with Gasteiger partial charge >= 0.3 is 0 Å². The summed E-state index contributed by atoms with van der Waals surface area (Å²) in [6.07, 6.45) is 4.15. The molecule has 0 spiro atoms. The van der Waals surface area contributed by atoms with Crippen LogP contribution in [0.5, 0.6) is 0 Å². The van der Waals surface area contributed by atoms with Gasteiger partial charge in [0.25, 0.3) is 0 Å². The number of aryl methyl sites for hydroxylation is 1. The van der Waals surface area contributed by atoms with Crippen LogP contribution >= 0.6 is 24.0 Å². The number of nitrogens with one attached hydrogen (secondary N) is 1. The fourth-order valence-corrected chi connectivity index (χ4v) is 3.13. The van der Waals surface area contributed by atoms with Crippen molar-refractivity contribution in [1.82, 2.24) is 10.2 Å². The highest BCUT2D eigenvalue weighted by molar-refractivity contribution is 14.0. The molecule has 1 aromatic carbocycles. The molecule has 1 aromatic rings. The normalized spacial score (nSPS) is 18.6. The minimum absolute atomic E-state index is 0. The molecule has 0 radical (unpaired) electrons. The van der Waals surface area contributed by atoms with E-state index in [1.54, 1.807) is 0 Å². The average Bonchev–Trinajstić information content (AvgIpc) is 3.36. The Labute approximate surface area is 157 Å². The van der Waals surface area contributed by atoms with Crippen LogP contribution in [0.3, 0.4) is 0 Å². The van der Waals surface area contributed by atoms with Crippen molar-refractivity contribution < 1.29 is 0 Å². The van der Waals surface area contributed by atoms with E-state index in [9.17, 15) is 0 Å². The van der Waals surface area contributed by atoms with Gasteiger partial charge in [0, 0.05) is 45.5 Å². The van der Waals surface area contributed by atoms with E-state index in [4.69, 9.17) is 0 Å². The largest absolute Gasteiger partial charge is 0.368 e. The van der Waals surface area contributed by atoms with Crippen LogP contribution < -0.4 is 10.2 Å². The van der Waals surface area contributed by atoms with E-state index in [1.807, 2.05) is 7.05 Å². The summed E-state index contributed by atoms with van der Waals surface area (Å²) in [5.74, 6) is 2.05. The standard InChI is InChI=1S/C18H28N4.HI/c1-15-4-3-5-17(14-15)21-10-12-22(13-11-21)18(19-2)20-9-8-16-6-7-16;/h3-5,14,16H,6-13H2,1-2H3,(H,19,20);1H. The van der Waals surface area contributed by atoms with Gasteiger partial charge in [0.05, 0.1) is 0 Å². The van der Waals surface area contributed by atoms with E-state index >= 15 is 0 Å². The molecule has 3 rings (SSSR count). The summed E-state index contributed by atoms with van der Waals surface area (Å²) in [5, 5.41) is 3.53. The van der Waals surface area contributed by atoms with Crippen LogP contribution in [0.25, 0.3) is 0 Å². The number of halogens is 1. The van der Waals surface area contributed by atoms with Gasteiger partial charge in [-0.1, -0.05) is 25.0 Å². The lowest BCUT2D eigenvalue weighted by Gasteiger charge is -2.37. The molecule has 23 heavy (non-hydrogen) atoms. The van der Waals surface area contributed by atoms with Crippen molar-refractivity contribution in [2.75, 3.05) is 44.7 Å². The third-order valence-corrected chi connectivity index (χ3v) is 4.69. The molecule has 1 N–H and O–H groups in total. The zero-order valence-corrected chi connectivity index (χ0v) is 16.6. The molecule has 1 aliphatic carbocycles. The average molecular weight is 428 g/mol. The van der Waals surface area contributed by atoms with Crippen molar-refractivity contribution in [1.29, 1.82) is 0 Å². The van der Waals surface area contributed by atoms with Crippen molar-refractivity contribution in [3.63, 3.8) is 0 Å². The number of guanidine groups is 1. The van der Waals surface area contributed by atoms with E-state index in [0.717, 1.165) is 44.6 Å². The number of nitrogens with zero attached hydrogens (tertiary/aromatic N) is 3.